The van der Waals surface area contributed by atoms with Crippen LogP contribution in [-0.2, 0) is 12.6 Å². The fourth-order valence-electron chi connectivity index (χ4n) is 0.915. The molecule has 0 spiro atoms. The minimum absolute atomic E-state index is 0.0507. The molecule has 4 nitrogen and oxygen atoms in total. The molecule has 0 saturated heterocycles. The molecule has 0 amide bonds. The highest BCUT2D eigenvalue weighted by atomic mass is 19.4. The Morgan fingerprint density at radius 3 is 2.47 bits per heavy atom. The largest absolute Gasteiger partial charge is 0.477 e. The summed E-state index contributed by atoms with van der Waals surface area (Å²) in [5.74, 6) is -2.92. The van der Waals surface area contributed by atoms with Gasteiger partial charge in [0.2, 0.25) is 5.82 Å². The molecule has 0 aromatic carbocycles. The van der Waals surface area contributed by atoms with Gasteiger partial charge in [0.05, 0.1) is 0 Å². The number of carbonyl (C=O) groups is 1. The summed E-state index contributed by atoms with van der Waals surface area (Å²) in [4.78, 5) is 16.6. The molecular formula is C8H7F3N2O2. The van der Waals surface area contributed by atoms with Gasteiger partial charge in [-0.1, -0.05) is 6.92 Å². The Hall–Kier alpha value is -1.66. The van der Waals surface area contributed by atoms with E-state index in [1.165, 1.54) is 0 Å². The fraction of sp³-hybridized carbons (Fsp3) is 0.375. The van der Waals surface area contributed by atoms with Crippen LogP contribution >= 0.6 is 0 Å². The summed E-state index contributed by atoms with van der Waals surface area (Å²) in [5.41, 5.74) is -0.594. The van der Waals surface area contributed by atoms with Crippen LogP contribution in [0.15, 0.2) is 6.07 Å². The van der Waals surface area contributed by atoms with Crippen molar-refractivity contribution in [1.82, 2.24) is 9.97 Å². The number of hydrogen-bond acceptors (Lipinski definition) is 3. The second-order valence-electron chi connectivity index (χ2n) is 2.72. The summed E-state index contributed by atoms with van der Waals surface area (Å²) in [7, 11) is 0. The van der Waals surface area contributed by atoms with Crippen LogP contribution in [0.4, 0.5) is 13.2 Å². The van der Waals surface area contributed by atoms with Crippen LogP contribution < -0.4 is 0 Å². The number of aromatic carboxylic acids is 1. The molecule has 1 aromatic heterocycles. The Morgan fingerprint density at radius 2 is 2.07 bits per heavy atom. The number of nitrogens with zero attached hydrogens (tertiary/aromatic N) is 2. The third kappa shape index (κ3) is 2.64. The number of rotatable bonds is 2. The zero-order valence-corrected chi connectivity index (χ0v) is 7.67. The maximum atomic E-state index is 12.2. The molecule has 1 N–H and O–H groups in total. The van der Waals surface area contributed by atoms with Gasteiger partial charge < -0.3 is 5.11 Å². The Morgan fingerprint density at radius 1 is 1.47 bits per heavy atom. The zero-order valence-electron chi connectivity index (χ0n) is 7.67. The normalized spacial score (nSPS) is 11.5. The van der Waals surface area contributed by atoms with Gasteiger partial charge in [0.1, 0.15) is 0 Å². The molecule has 1 aromatic rings. The molecule has 0 atom stereocenters. The molecule has 0 aliphatic rings. The highest BCUT2D eigenvalue weighted by Crippen LogP contribution is 2.26. The second-order valence-corrected chi connectivity index (χ2v) is 2.72. The van der Waals surface area contributed by atoms with E-state index in [9.17, 15) is 18.0 Å². The summed E-state index contributed by atoms with van der Waals surface area (Å²) in [6, 6.07) is 1.03. The lowest BCUT2D eigenvalue weighted by molar-refractivity contribution is -0.145. The van der Waals surface area contributed by atoms with E-state index >= 15 is 0 Å². The van der Waals surface area contributed by atoms with Gasteiger partial charge in [-0.25, -0.2) is 14.8 Å². The summed E-state index contributed by atoms with van der Waals surface area (Å²) >= 11 is 0. The van der Waals surface area contributed by atoms with E-state index in [1.807, 2.05) is 0 Å². The van der Waals surface area contributed by atoms with Gasteiger partial charge in [-0.05, 0) is 12.5 Å². The van der Waals surface area contributed by atoms with E-state index in [0.717, 1.165) is 6.07 Å². The van der Waals surface area contributed by atoms with Gasteiger partial charge in [-0.15, -0.1) is 0 Å². The minimum Gasteiger partial charge on any atom is -0.477 e. The molecule has 7 heteroatoms. The van der Waals surface area contributed by atoms with E-state index in [2.05, 4.69) is 9.97 Å². The standard InChI is InChI=1S/C8H7F3N2O2/c1-2-4-3-5(6(14)15)13-7(12-4)8(9,10)11/h3H,2H2,1H3,(H,14,15). The van der Waals surface area contributed by atoms with Gasteiger partial charge in [0.15, 0.2) is 5.69 Å². The van der Waals surface area contributed by atoms with Crippen LogP contribution in [0, 0.1) is 0 Å². The van der Waals surface area contributed by atoms with Crippen LogP contribution in [-0.4, -0.2) is 21.0 Å². The summed E-state index contributed by atoms with van der Waals surface area (Å²) in [6.07, 6.45) is -4.51. The average Bonchev–Trinajstić information content (AvgIpc) is 2.15. The molecular weight excluding hydrogens is 213 g/mol. The zero-order chi connectivity index (χ0) is 11.6. The lowest BCUT2D eigenvalue weighted by atomic mass is 10.2. The number of aryl methyl sites for hydroxylation is 1. The Balaban J connectivity index is 3.30. The maximum Gasteiger partial charge on any atom is 0.451 e. The number of hydrogen-bond donors (Lipinski definition) is 1. The first-order valence-electron chi connectivity index (χ1n) is 4.03. The number of halogens is 3. The topological polar surface area (TPSA) is 63.1 Å². The van der Waals surface area contributed by atoms with Crippen LogP contribution in [0.5, 0.6) is 0 Å². The van der Waals surface area contributed by atoms with Gasteiger partial charge >= 0.3 is 12.1 Å². The van der Waals surface area contributed by atoms with Gasteiger partial charge in [0, 0.05) is 5.69 Å². The fourth-order valence-corrected chi connectivity index (χ4v) is 0.915. The Kier molecular flexibility index (Phi) is 2.92. The van der Waals surface area contributed by atoms with Gasteiger partial charge in [0.25, 0.3) is 0 Å². The SMILES string of the molecule is CCc1cc(C(=O)O)nc(C(F)(F)F)n1. The highest BCUT2D eigenvalue weighted by Gasteiger charge is 2.35. The number of aromatic nitrogens is 2. The summed E-state index contributed by atoms with van der Waals surface area (Å²) in [6.45, 7) is 1.58. The molecule has 0 saturated carbocycles. The van der Waals surface area contributed by atoms with Crippen molar-refractivity contribution in [3.63, 3.8) is 0 Å². The monoisotopic (exact) mass is 220 g/mol. The van der Waals surface area contributed by atoms with Crippen LogP contribution in [0.2, 0.25) is 0 Å². The van der Waals surface area contributed by atoms with E-state index in [-0.39, 0.29) is 12.1 Å². The van der Waals surface area contributed by atoms with Crippen molar-refractivity contribution in [1.29, 1.82) is 0 Å². The van der Waals surface area contributed by atoms with Crippen LogP contribution in [0.1, 0.15) is 28.9 Å². The molecule has 0 fully saturated rings. The molecule has 0 radical (unpaired) electrons. The quantitative estimate of drug-likeness (QED) is 0.824. The van der Waals surface area contributed by atoms with Crippen molar-refractivity contribution < 1.29 is 23.1 Å². The first-order chi connectivity index (χ1) is 6.84. The van der Waals surface area contributed by atoms with E-state index in [4.69, 9.17) is 5.11 Å². The van der Waals surface area contributed by atoms with Gasteiger partial charge in [-0.2, -0.15) is 13.2 Å². The molecule has 82 valence electrons. The van der Waals surface area contributed by atoms with Gasteiger partial charge in [-0.3, -0.25) is 0 Å². The number of carboxylic acids is 1. The first kappa shape index (κ1) is 11.4. The maximum absolute atomic E-state index is 12.2. The summed E-state index contributed by atoms with van der Waals surface area (Å²) in [5, 5.41) is 8.54. The molecule has 0 unspecified atom stereocenters. The lowest BCUT2D eigenvalue weighted by Gasteiger charge is -2.07. The van der Waals surface area contributed by atoms with Crippen molar-refractivity contribution in [2.75, 3.05) is 0 Å². The molecule has 0 bridgehead atoms. The molecule has 1 rings (SSSR count). The Bertz CT molecular complexity index is 390. The third-order valence-corrected chi connectivity index (χ3v) is 1.61. The molecule has 0 aliphatic heterocycles. The minimum atomic E-state index is -4.73. The summed E-state index contributed by atoms with van der Waals surface area (Å²) < 4.78 is 36.7. The lowest BCUT2D eigenvalue weighted by Crippen LogP contribution is -2.16. The second kappa shape index (κ2) is 3.84. The molecule has 1 heterocycles. The molecule has 0 aliphatic carbocycles. The molecule has 15 heavy (non-hydrogen) atoms. The smallest absolute Gasteiger partial charge is 0.451 e. The first-order valence-corrected chi connectivity index (χ1v) is 4.03. The number of carboxylic acid groups (broad SMARTS) is 1. The van der Waals surface area contributed by atoms with Crippen molar-refractivity contribution in [2.45, 2.75) is 19.5 Å². The predicted molar refractivity (Wildman–Crippen MR) is 43.4 cm³/mol. The average molecular weight is 220 g/mol. The Labute approximate surface area is 82.8 Å². The van der Waals surface area contributed by atoms with Crippen LogP contribution in [0.3, 0.4) is 0 Å². The van der Waals surface area contributed by atoms with E-state index in [0.29, 0.717) is 0 Å². The van der Waals surface area contributed by atoms with Crippen molar-refractivity contribution in [2.24, 2.45) is 0 Å². The van der Waals surface area contributed by atoms with Crippen molar-refractivity contribution in [3.8, 4) is 0 Å². The van der Waals surface area contributed by atoms with Crippen molar-refractivity contribution >= 4 is 5.97 Å². The van der Waals surface area contributed by atoms with E-state index in [1.54, 1.807) is 6.92 Å². The number of alkyl halides is 3. The van der Waals surface area contributed by atoms with Crippen molar-refractivity contribution in [3.05, 3.63) is 23.3 Å². The van der Waals surface area contributed by atoms with Crippen LogP contribution in [0.25, 0.3) is 0 Å². The third-order valence-electron chi connectivity index (χ3n) is 1.61. The predicted octanol–water partition coefficient (Wildman–Crippen LogP) is 1.76. The van der Waals surface area contributed by atoms with E-state index < -0.39 is 23.7 Å². The highest BCUT2D eigenvalue weighted by molar-refractivity contribution is 5.85.